The number of hydrogen-bond donors (Lipinski definition) is 2. The van der Waals surface area contributed by atoms with Gasteiger partial charge in [-0.3, -0.25) is 4.79 Å². The number of rotatable bonds is 4. The number of hydrogen-bond acceptors (Lipinski definition) is 2. The average molecular weight is 304 g/mol. The second kappa shape index (κ2) is 6.56. The lowest BCUT2D eigenvalue weighted by Gasteiger charge is -2.39. The SMILES string of the molecule is Cc1ccc(CC(=O)NC2(C(N)=S)CCC(C)CC2)cc1. The van der Waals surface area contributed by atoms with Gasteiger partial charge in [-0.15, -0.1) is 0 Å². The highest BCUT2D eigenvalue weighted by atomic mass is 32.1. The molecule has 0 aliphatic heterocycles. The van der Waals surface area contributed by atoms with Crippen LogP contribution in [0.1, 0.15) is 43.7 Å². The third-order valence-electron chi connectivity index (χ3n) is 4.46. The Morgan fingerprint density at radius 1 is 1.33 bits per heavy atom. The summed E-state index contributed by atoms with van der Waals surface area (Å²) in [7, 11) is 0. The van der Waals surface area contributed by atoms with Crippen molar-refractivity contribution in [2.75, 3.05) is 0 Å². The normalized spacial score (nSPS) is 25.3. The van der Waals surface area contributed by atoms with Gasteiger partial charge in [0.05, 0.1) is 16.9 Å². The Morgan fingerprint density at radius 3 is 2.43 bits per heavy atom. The predicted molar refractivity (Wildman–Crippen MR) is 90.2 cm³/mol. The molecule has 3 N–H and O–H groups in total. The highest BCUT2D eigenvalue weighted by Crippen LogP contribution is 2.32. The fourth-order valence-corrected chi connectivity index (χ4v) is 3.15. The molecule has 21 heavy (non-hydrogen) atoms. The van der Waals surface area contributed by atoms with Crippen molar-refractivity contribution in [3.63, 3.8) is 0 Å². The van der Waals surface area contributed by atoms with Gasteiger partial charge in [0, 0.05) is 0 Å². The molecule has 2 rings (SSSR count). The summed E-state index contributed by atoms with van der Waals surface area (Å²) >= 11 is 5.23. The highest BCUT2D eigenvalue weighted by Gasteiger charge is 2.38. The zero-order chi connectivity index (χ0) is 15.5. The largest absolute Gasteiger partial charge is 0.391 e. The highest BCUT2D eigenvalue weighted by molar-refractivity contribution is 7.80. The molecule has 3 nitrogen and oxygen atoms in total. The first kappa shape index (κ1) is 16.0. The number of carbonyl (C=O) groups excluding carboxylic acids is 1. The van der Waals surface area contributed by atoms with E-state index in [-0.39, 0.29) is 5.91 Å². The molecule has 0 atom stereocenters. The van der Waals surface area contributed by atoms with Gasteiger partial charge in [-0.25, -0.2) is 0 Å². The van der Waals surface area contributed by atoms with Crippen LogP contribution in [0, 0.1) is 12.8 Å². The van der Waals surface area contributed by atoms with Crippen molar-refractivity contribution < 1.29 is 4.79 Å². The maximum absolute atomic E-state index is 12.3. The molecule has 1 aliphatic carbocycles. The van der Waals surface area contributed by atoms with Crippen molar-refractivity contribution in [3.05, 3.63) is 35.4 Å². The van der Waals surface area contributed by atoms with Gasteiger partial charge in [0.2, 0.25) is 5.91 Å². The fourth-order valence-electron chi connectivity index (χ4n) is 2.89. The van der Waals surface area contributed by atoms with E-state index in [9.17, 15) is 4.79 Å². The summed E-state index contributed by atoms with van der Waals surface area (Å²) < 4.78 is 0. The van der Waals surface area contributed by atoms with Crippen LogP contribution in [0.5, 0.6) is 0 Å². The summed E-state index contributed by atoms with van der Waals surface area (Å²) in [5.41, 5.74) is 7.65. The van der Waals surface area contributed by atoms with Gasteiger partial charge in [0.25, 0.3) is 0 Å². The molecule has 0 unspecified atom stereocenters. The molecule has 1 aromatic carbocycles. The molecule has 0 bridgehead atoms. The van der Waals surface area contributed by atoms with Crippen LogP contribution >= 0.6 is 12.2 Å². The molecule has 1 aliphatic rings. The van der Waals surface area contributed by atoms with Crippen LogP contribution < -0.4 is 11.1 Å². The van der Waals surface area contributed by atoms with E-state index in [0.29, 0.717) is 17.3 Å². The van der Waals surface area contributed by atoms with Crippen LogP contribution in [0.4, 0.5) is 0 Å². The van der Waals surface area contributed by atoms with Crippen molar-refractivity contribution in [2.45, 2.75) is 51.5 Å². The van der Waals surface area contributed by atoms with Crippen LogP contribution in [-0.4, -0.2) is 16.4 Å². The molecule has 1 saturated carbocycles. The van der Waals surface area contributed by atoms with E-state index in [1.54, 1.807) is 0 Å². The van der Waals surface area contributed by atoms with E-state index in [2.05, 4.69) is 12.2 Å². The topological polar surface area (TPSA) is 55.1 Å². The molecular formula is C17H24N2OS. The Kier molecular flexibility index (Phi) is 4.99. The van der Waals surface area contributed by atoms with Crippen molar-refractivity contribution >= 4 is 23.1 Å². The van der Waals surface area contributed by atoms with E-state index >= 15 is 0 Å². The number of benzene rings is 1. The number of aryl methyl sites for hydroxylation is 1. The third kappa shape index (κ3) is 4.03. The third-order valence-corrected chi connectivity index (χ3v) is 4.85. The van der Waals surface area contributed by atoms with Gasteiger partial charge >= 0.3 is 0 Å². The van der Waals surface area contributed by atoms with Crippen LogP contribution in [0.3, 0.4) is 0 Å². The summed E-state index contributed by atoms with van der Waals surface area (Å²) in [5.74, 6) is 0.683. The predicted octanol–water partition coefficient (Wildman–Crippen LogP) is 2.89. The molecule has 0 radical (unpaired) electrons. The Labute approximate surface area is 132 Å². The maximum atomic E-state index is 12.3. The molecule has 0 aromatic heterocycles. The Morgan fingerprint density at radius 2 is 1.90 bits per heavy atom. The standard InChI is InChI=1S/C17H24N2OS/c1-12-3-5-14(6-4-12)11-15(20)19-17(16(18)21)9-7-13(2)8-10-17/h3-6,13H,7-11H2,1-2H3,(H2,18,21)(H,19,20). The van der Waals surface area contributed by atoms with Crippen molar-refractivity contribution in [2.24, 2.45) is 11.7 Å². The first-order valence-electron chi connectivity index (χ1n) is 7.58. The van der Waals surface area contributed by atoms with E-state index < -0.39 is 5.54 Å². The van der Waals surface area contributed by atoms with E-state index in [1.165, 1.54) is 5.56 Å². The smallest absolute Gasteiger partial charge is 0.225 e. The summed E-state index contributed by atoms with van der Waals surface area (Å²) in [6.45, 7) is 4.27. The second-order valence-corrected chi connectivity index (χ2v) is 6.78. The second-order valence-electron chi connectivity index (χ2n) is 6.34. The number of nitrogens with two attached hydrogens (primary N) is 1. The Hall–Kier alpha value is -1.42. The maximum Gasteiger partial charge on any atom is 0.225 e. The first-order valence-corrected chi connectivity index (χ1v) is 7.98. The minimum atomic E-state index is -0.483. The molecule has 0 heterocycles. The summed E-state index contributed by atoms with van der Waals surface area (Å²) in [5, 5.41) is 3.11. The molecule has 1 amide bonds. The summed E-state index contributed by atoms with van der Waals surface area (Å²) in [6, 6.07) is 8.03. The molecule has 0 spiro atoms. The number of carbonyl (C=O) groups is 1. The van der Waals surface area contributed by atoms with Crippen LogP contribution in [0.15, 0.2) is 24.3 Å². The van der Waals surface area contributed by atoms with Crippen molar-refractivity contribution in [1.82, 2.24) is 5.32 Å². The molecule has 0 saturated heterocycles. The van der Waals surface area contributed by atoms with E-state index in [4.69, 9.17) is 18.0 Å². The van der Waals surface area contributed by atoms with E-state index in [0.717, 1.165) is 31.2 Å². The molecule has 114 valence electrons. The lowest BCUT2D eigenvalue weighted by Crippen LogP contribution is -2.58. The van der Waals surface area contributed by atoms with Gasteiger partial charge in [-0.1, -0.05) is 49.0 Å². The number of amides is 1. The van der Waals surface area contributed by atoms with Crippen LogP contribution in [0.2, 0.25) is 0 Å². The zero-order valence-corrected chi connectivity index (χ0v) is 13.6. The van der Waals surface area contributed by atoms with Crippen LogP contribution in [0.25, 0.3) is 0 Å². The number of thiocarbonyl (C=S) groups is 1. The molecule has 4 heteroatoms. The summed E-state index contributed by atoms with van der Waals surface area (Å²) in [6.07, 6.45) is 4.19. The molecule has 1 aromatic rings. The van der Waals surface area contributed by atoms with Crippen LogP contribution in [-0.2, 0) is 11.2 Å². The monoisotopic (exact) mass is 304 g/mol. The average Bonchev–Trinajstić information content (AvgIpc) is 2.44. The van der Waals surface area contributed by atoms with Gasteiger partial charge in [-0.05, 0) is 44.1 Å². The van der Waals surface area contributed by atoms with Gasteiger partial charge in [-0.2, -0.15) is 0 Å². The lowest BCUT2D eigenvalue weighted by molar-refractivity contribution is -0.122. The van der Waals surface area contributed by atoms with Crippen molar-refractivity contribution in [1.29, 1.82) is 0 Å². The molecule has 1 fully saturated rings. The van der Waals surface area contributed by atoms with Crippen molar-refractivity contribution in [3.8, 4) is 0 Å². The van der Waals surface area contributed by atoms with E-state index in [1.807, 2.05) is 31.2 Å². The minimum absolute atomic E-state index is 0.00112. The Bertz CT molecular complexity index is 516. The summed E-state index contributed by atoms with van der Waals surface area (Å²) in [4.78, 5) is 12.8. The fraction of sp³-hybridized carbons (Fsp3) is 0.529. The molecular weight excluding hydrogens is 280 g/mol. The zero-order valence-electron chi connectivity index (χ0n) is 12.8. The minimum Gasteiger partial charge on any atom is -0.391 e. The number of nitrogens with one attached hydrogen (secondary N) is 1. The quantitative estimate of drug-likeness (QED) is 0.841. The first-order chi connectivity index (χ1) is 9.91. The van der Waals surface area contributed by atoms with Gasteiger partial charge in [0.15, 0.2) is 0 Å². The van der Waals surface area contributed by atoms with Gasteiger partial charge < -0.3 is 11.1 Å². The lowest BCUT2D eigenvalue weighted by atomic mass is 9.77. The Balaban J connectivity index is 2.02. The van der Waals surface area contributed by atoms with Gasteiger partial charge in [0.1, 0.15) is 0 Å².